The number of rotatable bonds is 8. The quantitative estimate of drug-likeness (QED) is 0.238. The van der Waals surface area contributed by atoms with Crippen LogP contribution in [0.25, 0.3) is 11.0 Å². The fourth-order valence-corrected chi connectivity index (χ4v) is 4.58. The first-order valence-corrected chi connectivity index (χ1v) is 11.3. The van der Waals surface area contributed by atoms with Crippen LogP contribution in [0.3, 0.4) is 0 Å². The van der Waals surface area contributed by atoms with Gasteiger partial charge < -0.3 is 9.47 Å². The molecule has 2 aromatic heterocycles. The van der Waals surface area contributed by atoms with Gasteiger partial charge in [-0.1, -0.05) is 0 Å². The monoisotopic (exact) mass is 501 g/mol. The minimum absolute atomic E-state index is 0.267. The third kappa shape index (κ3) is 4.38. The third-order valence-electron chi connectivity index (χ3n) is 6.13. The van der Waals surface area contributed by atoms with Crippen LogP contribution in [0.4, 0.5) is 11.4 Å². The first-order chi connectivity index (χ1) is 15.3. The van der Waals surface area contributed by atoms with Gasteiger partial charge in [-0.3, -0.25) is 19.8 Å². The molecule has 11 heteroatoms. The Bertz CT molecular complexity index is 1170. The van der Waals surface area contributed by atoms with E-state index < -0.39 is 16.2 Å². The molecule has 0 spiro atoms. The minimum Gasteiger partial charge on any atom is -0.361 e. The Morgan fingerprint density at radius 2 is 1.97 bits per heavy atom. The largest absolute Gasteiger partial charge is 0.361 e. The van der Waals surface area contributed by atoms with Gasteiger partial charge in [-0.2, -0.15) is 10.2 Å². The average molecular weight is 502 g/mol. The molecular weight excluding hydrogens is 478 g/mol. The topological polar surface area (TPSA) is 109 Å². The van der Waals surface area contributed by atoms with Gasteiger partial charge in [0.15, 0.2) is 11.4 Å². The van der Waals surface area contributed by atoms with Crippen molar-refractivity contribution in [3.05, 3.63) is 37.2 Å². The summed E-state index contributed by atoms with van der Waals surface area (Å²) in [7, 11) is 1.53. The lowest BCUT2D eigenvalue weighted by atomic mass is 10.0. The average Bonchev–Trinajstić information content (AvgIpc) is 3.55. The van der Waals surface area contributed by atoms with Crippen molar-refractivity contribution in [1.82, 2.24) is 14.5 Å². The lowest BCUT2D eigenvalue weighted by Gasteiger charge is -2.36. The van der Waals surface area contributed by atoms with Gasteiger partial charge in [-0.05, 0) is 47.4 Å². The highest BCUT2D eigenvalue weighted by Gasteiger charge is 2.38. The summed E-state index contributed by atoms with van der Waals surface area (Å²) >= 11 is 3.35. The molecule has 1 saturated heterocycles. The number of halogens is 1. The Morgan fingerprint density at radius 3 is 2.59 bits per heavy atom. The zero-order valence-electron chi connectivity index (χ0n) is 17.8. The zero-order chi connectivity index (χ0) is 22.9. The number of pyridine rings is 2. The Morgan fingerprint density at radius 1 is 1.25 bits per heavy atom. The van der Waals surface area contributed by atoms with E-state index in [-0.39, 0.29) is 5.66 Å². The van der Waals surface area contributed by atoms with Crippen molar-refractivity contribution < 1.29 is 4.92 Å². The van der Waals surface area contributed by atoms with Gasteiger partial charge >= 0.3 is 11.2 Å². The maximum Gasteiger partial charge on any atom is 0.359 e. The molecule has 0 N–H and O–H groups in total. The Kier molecular flexibility index (Phi) is 6.26. The highest BCUT2D eigenvalue weighted by atomic mass is 79.9. The van der Waals surface area contributed by atoms with Crippen molar-refractivity contribution in [2.75, 3.05) is 37.6 Å². The van der Waals surface area contributed by atoms with Crippen LogP contribution in [0.1, 0.15) is 25.7 Å². The molecule has 4 rings (SSSR count). The summed E-state index contributed by atoms with van der Waals surface area (Å²) in [6.45, 7) is 3.55. The van der Waals surface area contributed by atoms with Crippen LogP contribution in [0.2, 0.25) is 0 Å². The maximum atomic E-state index is 12.8. The lowest BCUT2D eigenvalue weighted by Crippen LogP contribution is -2.47. The summed E-state index contributed by atoms with van der Waals surface area (Å²) < 4.78 is 1.85. The molecule has 4 heterocycles. The molecule has 0 saturated carbocycles. The van der Waals surface area contributed by atoms with E-state index in [0.29, 0.717) is 40.8 Å². The molecular formula is C21H24BrN7O3. The highest BCUT2D eigenvalue weighted by molar-refractivity contribution is 9.10. The number of hydrogen-bond donors (Lipinski definition) is 0. The van der Waals surface area contributed by atoms with E-state index in [1.54, 1.807) is 12.1 Å². The van der Waals surface area contributed by atoms with Crippen molar-refractivity contribution in [2.24, 2.45) is 17.3 Å². The van der Waals surface area contributed by atoms with Crippen LogP contribution in [0.15, 0.2) is 31.8 Å². The van der Waals surface area contributed by atoms with E-state index in [2.05, 4.69) is 42.0 Å². The highest BCUT2D eigenvalue weighted by Crippen LogP contribution is 2.38. The molecule has 2 aromatic rings. The van der Waals surface area contributed by atoms with Crippen LogP contribution in [0.5, 0.6) is 0 Å². The number of nitro groups is 1. The first-order valence-electron chi connectivity index (χ1n) is 10.5. The van der Waals surface area contributed by atoms with Crippen LogP contribution in [0, 0.1) is 22.5 Å². The Hall–Kier alpha value is -2.84. The predicted molar refractivity (Wildman–Crippen MR) is 125 cm³/mol. The van der Waals surface area contributed by atoms with Gasteiger partial charge in [0.1, 0.15) is 10.1 Å². The number of fused-ring (bicyclic) bond motifs is 1. The molecule has 168 valence electrons. The second kappa shape index (κ2) is 8.96. The molecule has 0 bridgehead atoms. The predicted octanol–water partition coefficient (Wildman–Crippen LogP) is 3.08. The Balaban J connectivity index is 1.48. The van der Waals surface area contributed by atoms with Crippen molar-refractivity contribution in [1.29, 1.82) is 0 Å². The minimum atomic E-state index is -0.627. The van der Waals surface area contributed by atoms with Crippen molar-refractivity contribution in [3.8, 4) is 12.3 Å². The number of nitrogens with zero attached hydrogens (tertiary/aromatic N) is 7. The normalized spacial score (nSPS) is 17.5. The van der Waals surface area contributed by atoms with Gasteiger partial charge in [0.2, 0.25) is 0 Å². The second-order valence-electron chi connectivity index (χ2n) is 8.14. The lowest BCUT2D eigenvalue weighted by molar-refractivity contribution is -0.385. The van der Waals surface area contributed by atoms with E-state index in [1.165, 1.54) is 11.6 Å². The van der Waals surface area contributed by atoms with Crippen molar-refractivity contribution in [2.45, 2.75) is 31.3 Å². The summed E-state index contributed by atoms with van der Waals surface area (Å²) in [4.78, 5) is 32.7. The van der Waals surface area contributed by atoms with E-state index >= 15 is 0 Å². The summed E-state index contributed by atoms with van der Waals surface area (Å²) in [5, 5.41) is 20.2. The van der Waals surface area contributed by atoms with Gasteiger partial charge in [0.25, 0.3) is 0 Å². The number of terminal acetylenes is 1. The molecule has 1 fully saturated rings. The van der Waals surface area contributed by atoms with E-state index in [9.17, 15) is 14.9 Å². The molecule has 0 aromatic carbocycles. The summed E-state index contributed by atoms with van der Waals surface area (Å²) in [5.74, 6) is 2.64. The summed E-state index contributed by atoms with van der Waals surface area (Å²) in [5.41, 5.74) is 0.00342. The molecule has 0 amide bonds. The van der Waals surface area contributed by atoms with E-state index in [1.807, 2.05) is 4.90 Å². The second-order valence-corrected chi connectivity index (χ2v) is 8.95. The smallest absolute Gasteiger partial charge is 0.359 e. The summed E-state index contributed by atoms with van der Waals surface area (Å²) in [6.07, 6.45) is 8.67. The van der Waals surface area contributed by atoms with Crippen molar-refractivity contribution >= 4 is 38.3 Å². The third-order valence-corrected chi connectivity index (χ3v) is 6.57. The molecule has 2 aliphatic heterocycles. The zero-order valence-corrected chi connectivity index (χ0v) is 19.4. The first kappa shape index (κ1) is 22.4. The van der Waals surface area contributed by atoms with Gasteiger partial charge in [-0.15, -0.1) is 12.3 Å². The fourth-order valence-electron chi connectivity index (χ4n) is 4.27. The Labute approximate surface area is 193 Å². The van der Waals surface area contributed by atoms with Crippen LogP contribution in [-0.4, -0.2) is 57.8 Å². The number of aryl methyl sites for hydroxylation is 1. The molecule has 0 unspecified atom stereocenters. The van der Waals surface area contributed by atoms with Gasteiger partial charge in [-0.25, -0.2) is 4.98 Å². The van der Waals surface area contributed by atoms with E-state index in [4.69, 9.17) is 6.42 Å². The van der Waals surface area contributed by atoms with Gasteiger partial charge in [0.05, 0.1) is 10.4 Å². The van der Waals surface area contributed by atoms with Crippen molar-refractivity contribution in [3.63, 3.8) is 0 Å². The number of piperazine rings is 1. The van der Waals surface area contributed by atoms with Crippen LogP contribution >= 0.6 is 15.9 Å². The molecule has 0 radical (unpaired) electrons. The maximum absolute atomic E-state index is 12.8. The number of anilines is 1. The molecule has 2 aliphatic rings. The number of aromatic nitrogens is 2. The molecule has 0 atom stereocenters. The van der Waals surface area contributed by atoms with Crippen LogP contribution in [-0.2, 0) is 7.05 Å². The molecule has 32 heavy (non-hydrogen) atoms. The van der Waals surface area contributed by atoms with E-state index in [0.717, 1.165) is 38.9 Å². The molecule has 10 nitrogen and oxygen atoms in total. The molecule has 0 aliphatic carbocycles. The summed E-state index contributed by atoms with van der Waals surface area (Å²) in [6, 6.07) is 3.48. The standard InChI is InChI=1S/C21H24BrN7O3/c1-3-4-8-21(24-25-21)9-5-10-27-11-13-28(14-12-27)18-17-15(6-7-16(22)23-17)26(2)20(30)19(18)29(31)32/h1,6-7H,4-5,8-14H2,2H3. The SMILES string of the molecule is C#CCCC1(CCCN2CCN(c3c([N+](=O)[O-])c(=O)n(C)c4ccc(Br)nc34)CC2)N=N1. The fraction of sp³-hybridized carbons (Fsp3) is 0.524. The van der Waals surface area contributed by atoms with Crippen LogP contribution < -0.4 is 10.5 Å². The van der Waals surface area contributed by atoms with Gasteiger partial charge in [0, 0.05) is 46.1 Å². The number of hydrogen-bond acceptors (Lipinski definition) is 8.